The molecule has 2 amide bonds. The van der Waals surface area contributed by atoms with E-state index in [1.54, 1.807) is 6.07 Å². The van der Waals surface area contributed by atoms with Crippen molar-refractivity contribution in [2.75, 3.05) is 14.2 Å². The molecule has 0 spiro atoms. The molecule has 1 aromatic rings. The van der Waals surface area contributed by atoms with Crippen molar-refractivity contribution in [1.29, 1.82) is 0 Å². The van der Waals surface area contributed by atoms with E-state index in [1.807, 2.05) is 0 Å². The number of nitrogens with one attached hydrogen (secondary N) is 1. The lowest BCUT2D eigenvalue weighted by atomic mass is 10.2. The number of ether oxygens (including phenoxy) is 2. The molecule has 0 aliphatic carbocycles. The Morgan fingerprint density at radius 1 is 1.39 bits per heavy atom. The second kappa shape index (κ2) is 6.60. The smallest absolute Gasteiger partial charge is 0.332 e. The maximum Gasteiger partial charge on any atom is 0.332 e. The Bertz CT molecular complexity index is 492. The van der Waals surface area contributed by atoms with Crippen molar-refractivity contribution < 1.29 is 14.3 Å². The van der Waals surface area contributed by atoms with E-state index in [4.69, 9.17) is 15.2 Å². The van der Waals surface area contributed by atoms with Crippen LogP contribution in [0.5, 0.6) is 11.5 Å². The number of carbonyl (C=O) groups is 1. The number of carbonyl (C=O) groups excluding carboxylic acids is 1. The van der Waals surface area contributed by atoms with Crippen LogP contribution >= 0.6 is 31.9 Å². The summed E-state index contributed by atoms with van der Waals surface area (Å²) in [5.74, 6) is 1.09. The Morgan fingerprint density at radius 3 is 2.56 bits per heavy atom. The third-order valence-electron chi connectivity index (χ3n) is 1.96. The molecule has 6 nitrogen and oxygen atoms in total. The van der Waals surface area contributed by atoms with Gasteiger partial charge in [0.25, 0.3) is 0 Å². The van der Waals surface area contributed by atoms with Crippen LogP contribution in [0.1, 0.15) is 5.56 Å². The molecule has 0 aliphatic rings. The van der Waals surface area contributed by atoms with Crippen molar-refractivity contribution in [3.05, 3.63) is 20.6 Å². The molecule has 1 rings (SSSR count). The first-order valence-electron chi connectivity index (χ1n) is 4.69. The van der Waals surface area contributed by atoms with Crippen LogP contribution < -0.4 is 20.6 Å². The Balaban J connectivity index is 3.17. The molecule has 0 aliphatic heterocycles. The fourth-order valence-electron chi connectivity index (χ4n) is 1.21. The molecule has 0 atom stereocenters. The Hall–Kier alpha value is -1.28. The van der Waals surface area contributed by atoms with Gasteiger partial charge in [-0.2, -0.15) is 5.10 Å². The third-order valence-corrected chi connectivity index (χ3v) is 4.10. The van der Waals surface area contributed by atoms with Gasteiger partial charge in [0.1, 0.15) is 0 Å². The average Bonchev–Trinajstić information content (AvgIpc) is 2.33. The summed E-state index contributed by atoms with van der Waals surface area (Å²) >= 11 is 6.76. The number of nitrogens with zero attached hydrogens (tertiary/aromatic N) is 1. The molecular weight excluding hydrogens is 370 g/mol. The summed E-state index contributed by atoms with van der Waals surface area (Å²) in [6.45, 7) is 0. The van der Waals surface area contributed by atoms with Gasteiger partial charge in [-0.25, -0.2) is 10.2 Å². The number of hydrazone groups is 1. The minimum Gasteiger partial charge on any atom is -0.493 e. The molecule has 0 radical (unpaired) electrons. The minimum atomic E-state index is -0.734. The standard InChI is InChI=1S/C10H11Br2N3O3/c1-17-6-3-5(4-14-15-10(13)16)7(11)8(12)9(6)18-2/h3-4H,1-2H3,(H3,13,15,16)/b14-4+. The average molecular weight is 381 g/mol. The fourth-order valence-corrected chi connectivity index (χ4v) is 2.19. The van der Waals surface area contributed by atoms with E-state index >= 15 is 0 Å². The molecule has 0 heterocycles. The first kappa shape index (κ1) is 14.8. The summed E-state index contributed by atoms with van der Waals surface area (Å²) in [4.78, 5) is 10.5. The highest BCUT2D eigenvalue weighted by molar-refractivity contribution is 9.13. The number of rotatable bonds is 4. The zero-order valence-corrected chi connectivity index (χ0v) is 12.8. The highest BCUT2D eigenvalue weighted by atomic mass is 79.9. The Kier molecular flexibility index (Phi) is 5.42. The predicted octanol–water partition coefficient (Wildman–Crippen LogP) is 2.23. The molecule has 98 valence electrons. The van der Waals surface area contributed by atoms with Gasteiger partial charge in [0.05, 0.1) is 24.9 Å². The van der Waals surface area contributed by atoms with Gasteiger partial charge >= 0.3 is 6.03 Å². The predicted molar refractivity (Wildman–Crippen MR) is 75.3 cm³/mol. The van der Waals surface area contributed by atoms with Crippen LogP contribution in [0.3, 0.4) is 0 Å². The summed E-state index contributed by atoms with van der Waals surface area (Å²) in [6.07, 6.45) is 1.43. The highest BCUT2D eigenvalue weighted by Crippen LogP contribution is 2.41. The zero-order chi connectivity index (χ0) is 13.7. The van der Waals surface area contributed by atoms with Crippen LogP contribution in [0.25, 0.3) is 0 Å². The number of hydrogen-bond acceptors (Lipinski definition) is 4. The van der Waals surface area contributed by atoms with Gasteiger partial charge in [-0.1, -0.05) is 0 Å². The van der Waals surface area contributed by atoms with Gasteiger partial charge < -0.3 is 15.2 Å². The van der Waals surface area contributed by atoms with Gasteiger partial charge in [0, 0.05) is 10.0 Å². The SMILES string of the molecule is COc1cc(/C=N/NC(N)=O)c(Br)c(Br)c1OC. The van der Waals surface area contributed by atoms with E-state index in [-0.39, 0.29) is 0 Å². The van der Waals surface area contributed by atoms with E-state index in [1.165, 1.54) is 20.4 Å². The van der Waals surface area contributed by atoms with Crippen molar-refractivity contribution in [2.24, 2.45) is 10.8 Å². The lowest BCUT2D eigenvalue weighted by Crippen LogP contribution is -2.24. The summed E-state index contributed by atoms with van der Waals surface area (Å²) in [6, 6.07) is 0.974. The second-order valence-corrected chi connectivity index (χ2v) is 4.65. The lowest BCUT2D eigenvalue weighted by molar-refractivity contribution is 0.249. The van der Waals surface area contributed by atoms with Crippen molar-refractivity contribution in [2.45, 2.75) is 0 Å². The first-order chi connectivity index (χ1) is 8.51. The molecule has 0 aromatic heterocycles. The Labute approximate surface area is 121 Å². The van der Waals surface area contributed by atoms with Crippen molar-refractivity contribution >= 4 is 44.1 Å². The van der Waals surface area contributed by atoms with Crippen LogP contribution in [0.4, 0.5) is 4.79 Å². The zero-order valence-electron chi connectivity index (χ0n) is 9.66. The number of hydrogen-bond donors (Lipinski definition) is 2. The molecule has 0 saturated heterocycles. The number of primary amides is 1. The molecule has 0 saturated carbocycles. The van der Waals surface area contributed by atoms with E-state index < -0.39 is 6.03 Å². The van der Waals surface area contributed by atoms with Gasteiger partial charge in [-0.15, -0.1) is 0 Å². The van der Waals surface area contributed by atoms with Gasteiger partial charge in [-0.3, -0.25) is 0 Å². The number of urea groups is 1. The molecular formula is C10H11Br2N3O3. The Morgan fingerprint density at radius 2 is 2.06 bits per heavy atom. The molecule has 18 heavy (non-hydrogen) atoms. The number of benzene rings is 1. The van der Waals surface area contributed by atoms with E-state index in [0.29, 0.717) is 21.5 Å². The second-order valence-electron chi connectivity index (χ2n) is 3.06. The number of amides is 2. The summed E-state index contributed by atoms with van der Waals surface area (Å²) < 4.78 is 11.8. The summed E-state index contributed by atoms with van der Waals surface area (Å²) in [5.41, 5.74) is 7.69. The van der Waals surface area contributed by atoms with Crippen molar-refractivity contribution in [3.8, 4) is 11.5 Å². The summed E-state index contributed by atoms with van der Waals surface area (Å²) in [5, 5.41) is 3.68. The largest absolute Gasteiger partial charge is 0.493 e. The van der Waals surface area contributed by atoms with Gasteiger partial charge in [-0.05, 0) is 37.9 Å². The quantitative estimate of drug-likeness (QED) is 0.620. The number of nitrogens with two attached hydrogens (primary N) is 1. The van der Waals surface area contributed by atoms with E-state index in [2.05, 4.69) is 42.4 Å². The molecule has 0 bridgehead atoms. The first-order valence-corrected chi connectivity index (χ1v) is 6.28. The minimum absolute atomic E-state index is 0.535. The number of methoxy groups -OCH3 is 2. The third kappa shape index (κ3) is 3.36. The van der Waals surface area contributed by atoms with Crippen LogP contribution in [-0.2, 0) is 0 Å². The van der Waals surface area contributed by atoms with Crippen molar-refractivity contribution in [3.63, 3.8) is 0 Å². The van der Waals surface area contributed by atoms with Crippen LogP contribution in [0.15, 0.2) is 20.1 Å². The maximum atomic E-state index is 10.5. The van der Waals surface area contributed by atoms with Crippen LogP contribution in [0, 0.1) is 0 Å². The normalized spacial score (nSPS) is 10.4. The molecule has 8 heteroatoms. The lowest BCUT2D eigenvalue weighted by Gasteiger charge is -2.12. The monoisotopic (exact) mass is 379 g/mol. The highest BCUT2D eigenvalue weighted by Gasteiger charge is 2.15. The van der Waals surface area contributed by atoms with Crippen LogP contribution in [0.2, 0.25) is 0 Å². The topological polar surface area (TPSA) is 85.9 Å². The van der Waals surface area contributed by atoms with Crippen molar-refractivity contribution in [1.82, 2.24) is 5.43 Å². The van der Waals surface area contributed by atoms with E-state index in [9.17, 15) is 4.79 Å². The van der Waals surface area contributed by atoms with Crippen LogP contribution in [-0.4, -0.2) is 26.5 Å². The molecule has 1 aromatic carbocycles. The summed E-state index contributed by atoms with van der Waals surface area (Å²) in [7, 11) is 3.07. The fraction of sp³-hybridized carbons (Fsp3) is 0.200. The molecule has 3 N–H and O–H groups in total. The van der Waals surface area contributed by atoms with E-state index in [0.717, 1.165) is 4.47 Å². The van der Waals surface area contributed by atoms with Gasteiger partial charge in [0.2, 0.25) is 0 Å². The molecule has 0 unspecified atom stereocenters. The molecule has 0 fully saturated rings. The number of halogens is 2. The van der Waals surface area contributed by atoms with Gasteiger partial charge in [0.15, 0.2) is 11.5 Å². The maximum absolute atomic E-state index is 10.5.